The van der Waals surface area contributed by atoms with Crippen LogP contribution in [-0.2, 0) is 11.2 Å². The average molecular weight is 356 g/mol. The van der Waals surface area contributed by atoms with Crippen molar-refractivity contribution in [2.75, 3.05) is 17.7 Å². The first kappa shape index (κ1) is 18.9. The summed E-state index contributed by atoms with van der Waals surface area (Å²) in [6.07, 6.45) is 3.49. The fraction of sp³-hybridized carbons (Fsp3) is 0.300. The van der Waals surface area contributed by atoms with Gasteiger partial charge < -0.3 is 15.4 Å². The summed E-state index contributed by atoms with van der Waals surface area (Å²) in [4.78, 5) is 11.7. The molecule has 0 aliphatic carbocycles. The molecule has 0 unspecified atom stereocenters. The van der Waals surface area contributed by atoms with Crippen molar-refractivity contribution in [2.45, 2.75) is 33.1 Å². The first-order valence-electron chi connectivity index (χ1n) is 8.39. The number of carbonyl (C=O) groups excluding carboxylic acids is 1. The minimum Gasteiger partial charge on any atom is -0.465 e. The smallest absolute Gasteiger partial charge is 0.337 e. The lowest BCUT2D eigenvalue weighted by atomic mass is 10.1. The van der Waals surface area contributed by atoms with Crippen LogP contribution in [0.3, 0.4) is 0 Å². The Balaban J connectivity index is 2.01. The summed E-state index contributed by atoms with van der Waals surface area (Å²) in [5.74, 6) is -0.371. The van der Waals surface area contributed by atoms with Crippen LogP contribution in [0.2, 0.25) is 0 Å². The van der Waals surface area contributed by atoms with Crippen molar-refractivity contribution in [1.82, 2.24) is 0 Å². The molecule has 2 aromatic carbocycles. The Morgan fingerprint density at radius 2 is 1.84 bits per heavy atom. The Hall–Kier alpha value is -2.40. The number of thiocarbonyl (C=S) groups is 1. The highest BCUT2D eigenvalue weighted by molar-refractivity contribution is 7.80. The van der Waals surface area contributed by atoms with Crippen molar-refractivity contribution in [1.29, 1.82) is 0 Å². The van der Waals surface area contributed by atoms with Crippen LogP contribution in [0.25, 0.3) is 0 Å². The number of unbranched alkanes of at least 4 members (excludes halogenated alkanes) is 1. The minimum atomic E-state index is -0.371. The zero-order chi connectivity index (χ0) is 18.2. The fourth-order valence-electron chi connectivity index (χ4n) is 2.42. The van der Waals surface area contributed by atoms with Crippen molar-refractivity contribution in [3.8, 4) is 0 Å². The summed E-state index contributed by atoms with van der Waals surface area (Å²) in [5.41, 5.74) is 4.51. The predicted octanol–water partition coefficient (Wildman–Crippen LogP) is 4.93. The first-order chi connectivity index (χ1) is 12.0. The molecule has 2 aromatic rings. The molecule has 0 atom stereocenters. The van der Waals surface area contributed by atoms with Gasteiger partial charge in [0.15, 0.2) is 5.11 Å². The maximum Gasteiger partial charge on any atom is 0.337 e. The van der Waals surface area contributed by atoms with Gasteiger partial charge in [0.25, 0.3) is 0 Å². The maximum absolute atomic E-state index is 11.7. The summed E-state index contributed by atoms with van der Waals surface area (Å²) < 4.78 is 4.76. The summed E-state index contributed by atoms with van der Waals surface area (Å²) in [7, 11) is 1.37. The van der Waals surface area contributed by atoms with Crippen molar-refractivity contribution < 1.29 is 9.53 Å². The zero-order valence-electron chi connectivity index (χ0n) is 14.9. The number of nitrogens with one attached hydrogen (secondary N) is 2. The first-order valence-corrected chi connectivity index (χ1v) is 8.80. The van der Waals surface area contributed by atoms with Crippen LogP contribution in [0.5, 0.6) is 0 Å². The lowest BCUT2D eigenvalue weighted by Gasteiger charge is -2.14. The number of aryl methyl sites for hydroxylation is 2. The van der Waals surface area contributed by atoms with Gasteiger partial charge in [-0.05, 0) is 67.4 Å². The van der Waals surface area contributed by atoms with Crippen molar-refractivity contribution in [2.24, 2.45) is 0 Å². The van der Waals surface area contributed by atoms with Crippen LogP contribution < -0.4 is 10.6 Å². The van der Waals surface area contributed by atoms with Gasteiger partial charge in [-0.2, -0.15) is 0 Å². The number of hydrogen-bond acceptors (Lipinski definition) is 3. The molecule has 0 saturated heterocycles. The van der Waals surface area contributed by atoms with Gasteiger partial charge in [0.2, 0.25) is 0 Å². The number of anilines is 2. The molecular formula is C20H24N2O2S. The largest absolute Gasteiger partial charge is 0.465 e. The van der Waals surface area contributed by atoms with Crippen LogP contribution in [0.15, 0.2) is 42.5 Å². The number of esters is 1. The molecular weight excluding hydrogens is 332 g/mol. The van der Waals surface area contributed by atoms with Gasteiger partial charge in [0.1, 0.15) is 0 Å². The Morgan fingerprint density at radius 1 is 1.12 bits per heavy atom. The third kappa shape index (κ3) is 5.57. The second-order valence-electron chi connectivity index (χ2n) is 5.90. The molecule has 0 saturated carbocycles. The molecule has 5 heteroatoms. The minimum absolute atomic E-state index is 0.371. The molecule has 0 radical (unpaired) electrons. The molecule has 0 amide bonds. The number of methoxy groups -OCH3 is 1. The van der Waals surface area contributed by atoms with Crippen LogP contribution in [-0.4, -0.2) is 18.2 Å². The summed E-state index contributed by atoms with van der Waals surface area (Å²) in [6, 6.07) is 13.6. The van der Waals surface area contributed by atoms with E-state index in [1.54, 1.807) is 12.1 Å². The van der Waals surface area contributed by atoms with Gasteiger partial charge in [0.05, 0.1) is 12.7 Å². The highest BCUT2D eigenvalue weighted by Crippen LogP contribution is 2.18. The van der Waals surface area contributed by atoms with Crippen LogP contribution in [0.4, 0.5) is 11.4 Å². The normalized spacial score (nSPS) is 10.2. The van der Waals surface area contributed by atoms with Gasteiger partial charge in [0, 0.05) is 11.4 Å². The van der Waals surface area contributed by atoms with Gasteiger partial charge in [-0.1, -0.05) is 31.5 Å². The van der Waals surface area contributed by atoms with E-state index >= 15 is 0 Å². The van der Waals surface area contributed by atoms with E-state index in [-0.39, 0.29) is 5.97 Å². The predicted molar refractivity (Wildman–Crippen MR) is 107 cm³/mol. The van der Waals surface area contributed by atoms with E-state index in [0.717, 1.165) is 23.4 Å². The van der Waals surface area contributed by atoms with Crippen LogP contribution >= 0.6 is 12.2 Å². The van der Waals surface area contributed by atoms with Crippen molar-refractivity contribution in [3.05, 3.63) is 59.2 Å². The molecule has 0 aromatic heterocycles. The highest BCUT2D eigenvalue weighted by atomic mass is 32.1. The van der Waals surface area contributed by atoms with E-state index in [1.807, 2.05) is 25.1 Å². The molecule has 0 heterocycles. The molecule has 0 aliphatic rings. The number of ether oxygens (including phenoxy) is 1. The lowest BCUT2D eigenvalue weighted by Crippen LogP contribution is -2.20. The van der Waals surface area contributed by atoms with Gasteiger partial charge >= 0.3 is 5.97 Å². The zero-order valence-corrected chi connectivity index (χ0v) is 15.7. The fourth-order valence-corrected chi connectivity index (χ4v) is 2.65. The Bertz CT molecular complexity index is 742. The number of hydrogen-bond donors (Lipinski definition) is 2. The van der Waals surface area contributed by atoms with Crippen LogP contribution in [0.1, 0.15) is 41.3 Å². The van der Waals surface area contributed by atoms with Crippen molar-refractivity contribution in [3.63, 3.8) is 0 Å². The third-order valence-corrected chi connectivity index (χ3v) is 4.14. The highest BCUT2D eigenvalue weighted by Gasteiger charge is 2.09. The van der Waals surface area contributed by atoms with Gasteiger partial charge in [-0.25, -0.2) is 4.79 Å². The third-order valence-electron chi connectivity index (χ3n) is 3.94. The van der Waals surface area contributed by atoms with E-state index in [1.165, 1.54) is 25.5 Å². The van der Waals surface area contributed by atoms with E-state index in [4.69, 9.17) is 17.0 Å². The van der Waals surface area contributed by atoms with E-state index in [2.05, 4.69) is 29.7 Å². The molecule has 2 rings (SSSR count). The Kier molecular flexibility index (Phi) is 6.95. The molecule has 2 N–H and O–H groups in total. The summed E-state index contributed by atoms with van der Waals surface area (Å²) in [5, 5.41) is 6.79. The maximum atomic E-state index is 11.7. The molecule has 4 nitrogen and oxygen atoms in total. The molecule has 25 heavy (non-hydrogen) atoms. The van der Waals surface area contributed by atoms with E-state index in [0.29, 0.717) is 10.7 Å². The standard InChI is InChI=1S/C20H24N2O2S/c1-4-5-6-15-8-11-17(12-9-15)21-20(25)22-18-13-16(19(23)24-3)10-7-14(18)2/h7-13H,4-6H2,1-3H3,(H2,21,22,25). The number of benzene rings is 2. The van der Waals surface area contributed by atoms with Crippen molar-refractivity contribution >= 4 is 34.7 Å². The molecule has 0 spiro atoms. The van der Waals surface area contributed by atoms with Gasteiger partial charge in [-0.3, -0.25) is 0 Å². The monoisotopic (exact) mass is 356 g/mol. The molecule has 0 aliphatic heterocycles. The molecule has 132 valence electrons. The lowest BCUT2D eigenvalue weighted by molar-refractivity contribution is 0.0601. The SMILES string of the molecule is CCCCc1ccc(NC(=S)Nc2cc(C(=O)OC)ccc2C)cc1. The van der Waals surface area contributed by atoms with E-state index in [9.17, 15) is 4.79 Å². The summed E-state index contributed by atoms with van der Waals surface area (Å²) >= 11 is 5.38. The second-order valence-corrected chi connectivity index (χ2v) is 6.31. The number of rotatable bonds is 6. The molecule has 0 fully saturated rings. The van der Waals surface area contributed by atoms with E-state index < -0.39 is 0 Å². The molecule has 0 bridgehead atoms. The topological polar surface area (TPSA) is 50.4 Å². The Morgan fingerprint density at radius 3 is 2.48 bits per heavy atom. The Labute approximate surface area is 154 Å². The number of carbonyl (C=O) groups is 1. The quantitative estimate of drug-likeness (QED) is 0.567. The average Bonchev–Trinajstić information content (AvgIpc) is 2.62. The summed E-state index contributed by atoms with van der Waals surface area (Å²) in [6.45, 7) is 4.14. The van der Waals surface area contributed by atoms with Gasteiger partial charge in [-0.15, -0.1) is 0 Å². The van der Waals surface area contributed by atoms with Crippen LogP contribution in [0, 0.1) is 6.92 Å². The second kappa shape index (κ2) is 9.18.